The summed E-state index contributed by atoms with van der Waals surface area (Å²) in [6, 6.07) is 9.28. The van der Waals surface area contributed by atoms with Gasteiger partial charge in [-0.05, 0) is 31.9 Å². The van der Waals surface area contributed by atoms with Crippen LogP contribution in [0.5, 0.6) is 5.75 Å². The normalized spacial score (nSPS) is 13.8. The summed E-state index contributed by atoms with van der Waals surface area (Å²) in [6.07, 6.45) is 2.19. The molecular formula is C19H17ClN6O2S2. The van der Waals surface area contributed by atoms with E-state index in [0.717, 1.165) is 28.8 Å². The maximum absolute atomic E-state index is 12.3. The van der Waals surface area contributed by atoms with Gasteiger partial charge < -0.3 is 4.74 Å². The van der Waals surface area contributed by atoms with Crippen LogP contribution in [0.4, 0.5) is 0 Å². The molecule has 3 heterocycles. The number of thioether (sulfide) groups is 1. The Bertz CT molecular complexity index is 1280. The Balaban J connectivity index is 1.34. The van der Waals surface area contributed by atoms with Crippen LogP contribution < -0.4 is 10.3 Å². The average molecular weight is 461 g/mol. The molecule has 0 amide bonds. The van der Waals surface area contributed by atoms with Crippen LogP contribution in [-0.4, -0.2) is 29.4 Å². The number of hydrogen-bond donors (Lipinski definition) is 0. The molecule has 0 radical (unpaired) electrons. The highest BCUT2D eigenvalue weighted by molar-refractivity contribution is 7.98. The Morgan fingerprint density at radius 3 is 2.93 bits per heavy atom. The quantitative estimate of drug-likeness (QED) is 0.386. The van der Waals surface area contributed by atoms with E-state index in [2.05, 4.69) is 24.8 Å². The van der Waals surface area contributed by atoms with Crippen LogP contribution in [0.25, 0.3) is 4.96 Å². The van der Waals surface area contributed by atoms with Crippen LogP contribution in [0.15, 0.2) is 40.3 Å². The van der Waals surface area contributed by atoms with Crippen molar-refractivity contribution < 1.29 is 4.74 Å². The van der Waals surface area contributed by atoms with E-state index in [1.807, 2.05) is 25.1 Å². The first-order valence-electron chi connectivity index (χ1n) is 9.39. The highest BCUT2D eigenvalue weighted by atomic mass is 35.5. The molecule has 1 fully saturated rings. The van der Waals surface area contributed by atoms with Gasteiger partial charge in [0.15, 0.2) is 11.0 Å². The van der Waals surface area contributed by atoms with Gasteiger partial charge in [0.1, 0.15) is 17.4 Å². The number of ether oxygens (including phenoxy) is 1. The van der Waals surface area contributed by atoms with Crippen molar-refractivity contribution in [2.45, 2.75) is 43.3 Å². The van der Waals surface area contributed by atoms with Gasteiger partial charge in [-0.2, -0.15) is 9.61 Å². The van der Waals surface area contributed by atoms with Gasteiger partial charge in [0.25, 0.3) is 5.56 Å². The zero-order valence-corrected chi connectivity index (χ0v) is 18.4. The third-order valence-corrected chi connectivity index (χ3v) is 6.70. The molecule has 154 valence electrons. The van der Waals surface area contributed by atoms with E-state index in [0.29, 0.717) is 39.8 Å². The summed E-state index contributed by atoms with van der Waals surface area (Å²) < 4.78 is 9.32. The van der Waals surface area contributed by atoms with Gasteiger partial charge >= 0.3 is 0 Å². The van der Waals surface area contributed by atoms with E-state index in [1.165, 1.54) is 33.7 Å². The van der Waals surface area contributed by atoms with Gasteiger partial charge in [-0.15, -0.1) is 10.2 Å². The second kappa shape index (κ2) is 8.01. The molecule has 0 N–H and O–H groups in total. The van der Waals surface area contributed by atoms with Crippen molar-refractivity contribution in [2.75, 3.05) is 0 Å². The third-order valence-electron chi connectivity index (χ3n) is 4.59. The van der Waals surface area contributed by atoms with E-state index in [4.69, 9.17) is 16.3 Å². The number of halogens is 1. The third kappa shape index (κ3) is 3.94. The number of rotatable bonds is 7. The van der Waals surface area contributed by atoms with Crippen LogP contribution in [0.2, 0.25) is 5.02 Å². The zero-order valence-electron chi connectivity index (χ0n) is 16.0. The molecule has 8 nitrogen and oxygen atoms in total. The zero-order chi connectivity index (χ0) is 20.7. The fourth-order valence-electron chi connectivity index (χ4n) is 3.07. The van der Waals surface area contributed by atoms with E-state index in [1.54, 1.807) is 6.07 Å². The largest absolute Gasteiger partial charge is 0.484 e. The molecule has 0 aliphatic heterocycles. The van der Waals surface area contributed by atoms with Gasteiger partial charge in [0.2, 0.25) is 4.96 Å². The summed E-state index contributed by atoms with van der Waals surface area (Å²) in [7, 11) is 0. The fraction of sp³-hybridized carbons (Fsp3) is 0.316. The van der Waals surface area contributed by atoms with Crippen LogP contribution in [0, 0.1) is 6.92 Å². The molecule has 1 aliphatic rings. The first-order chi connectivity index (χ1) is 14.6. The lowest BCUT2D eigenvalue weighted by Gasteiger charge is -2.10. The summed E-state index contributed by atoms with van der Waals surface area (Å²) in [5, 5.41) is 15.0. The topological polar surface area (TPSA) is 87.2 Å². The number of para-hydroxylation sites is 1. The number of nitrogens with zero attached hydrogens (tertiary/aromatic N) is 6. The van der Waals surface area contributed by atoms with Gasteiger partial charge in [-0.25, -0.2) is 4.98 Å². The predicted molar refractivity (Wildman–Crippen MR) is 116 cm³/mol. The van der Waals surface area contributed by atoms with Crippen LogP contribution in [0.1, 0.15) is 35.4 Å². The maximum Gasteiger partial charge on any atom is 0.275 e. The summed E-state index contributed by atoms with van der Waals surface area (Å²) in [6.45, 7) is 2.15. The molecular weight excluding hydrogens is 444 g/mol. The van der Waals surface area contributed by atoms with Crippen molar-refractivity contribution in [3.05, 3.63) is 62.2 Å². The molecule has 30 heavy (non-hydrogen) atoms. The summed E-state index contributed by atoms with van der Waals surface area (Å²) in [4.78, 5) is 17.4. The molecule has 3 aromatic heterocycles. The van der Waals surface area contributed by atoms with Gasteiger partial charge in [-0.1, -0.05) is 46.8 Å². The Hall–Kier alpha value is -2.43. The van der Waals surface area contributed by atoms with Gasteiger partial charge in [0.05, 0.1) is 10.7 Å². The maximum atomic E-state index is 12.3. The number of aromatic nitrogens is 6. The van der Waals surface area contributed by atoms with Crippen LogP contribution in [0.3, 0.4) is 0 Å². The lowest BCUT2D eigenvalue weighted by molar-refractivity contribution is 0.288. The molecule has 0 saturated heterocycles. The highest BCUT2D eigenvalue weighted by Gasteiger charge is 2.30. The van der Waals surface area contributed by atoms with Gasteiger partial charge in [-0.3, -0.25) is 9.36 Å². The van der Waals surface area contributed by atoms with Crippen LogP contribution in [-0.2, 0) is 12.4 Å². The smallest absolute Gasteiger partial charge is 0.275 e. The second-order valence-corrected chi connectivity index (χ2v) is 9.42. The second-order valence-electron chi connectivity index (χ2n) is 6.91. The standard InChI is InChI=1S/C19H17ClN6O2S2/c1-11-24-26-17(27)8-12(21-18(26)30-11)10-29-19-23-22-16(25(19)13-6-7-13)9-28-15-5-3-2-4-14(15)20/h2-5,8,13H,6-7,9-10H2,1H3. The van der Waals surface area contributed by atoms with E-state index in [-0.39, 0.29) is 5.56 Å². The minimum absolute atomic E-state index is 0.169. The molecule has 0 atom stereocenters. The number of hydrogen-bond acceptors (Lipinski definition) is 8. The van der Waals surface area contributed by atoms with Crippen molar-refractivity contribution in [1.82, 2.24) is 29.4 Å². The highest BCUT2D eigenvalue weighted by Crippen LogP contribution is 2.39. The van der Waals surface area contributed by atoms with Crippen molar-refractivity contribution in [2.24, 2.45) is 0 Å². The Morgan fingerprint density at radius 1 is 1.30 bits per heavy atom. The summed E-state index contributed by atoms with van der Waals surface area (Å²) in [5.41, 5.74) is 0.533. The fourth-order valence-corrected chi connectivity index (χ4v) is 4.95. The Kier molecular flexibility index (Phi) is 5.21. The van der Waals surface area contributed by atoms with Crippen LogP contribution >= 0.6 is 34.7 Å². The van der Waals surface area contributed by atoms with E-state index < -0.39 is 0 Å². The minimum atomic E-state index is -0.169. The monoisotopic (exact) mass is 460 g/mol. The number of aryl methyl sites for hydroxylation is 1. The summed E-state index contributed by atoms with van der Waals surface area (Å²) >= 11 is 9.09. The van der Waals surface area contributed by atoms with Crippen molar-refractivity contribution >= 4 is 39.7 Å². The molecule has 1 saturated carbocycles. The molecule has 4 aromatic rings. The van der Waals surface area contributed by atoms with Crippen molar-refractivity contribution in [3.63, 3.8) is 0 Å². The lowest BCUT2D eigenvalue weighted by Crippen LogP contribution is -2.15. The molecule has 0 bridgehead atoms. The number of fused-ring (bicyclic) bond motifs is 1. The molecule has 1 aromatic carbocycles. The molecule has 1 aliphatic carbocycles. The van der Waals surface area contributed by atoms with Crippen molar-refractivity contribution in [3.8, 4) is 5.75 Å². The molecule has 5 rings (SSSR count). The van der Waals surface area contributed by atoms with E-state index in [9.17, 15) is 4.79 Å². The SMILES string of the molecule is Cc1nn2c(=O)cc(CSc3nnc(COc4ccccc4Cl)n3C3CC3)nc2s1. The molecule has 0 spiro atoms. The molecule has 0 unspecified atom stereocenters. The van der Waals surface area contributed by atoms with Crippen molar-refractivity contribution in [1.29, 1.82) is 0 Å². The first kappa shape index (κ1) is 19.5. The minimum Gasteiger partial charge on any atom is -0.484 e. The van der Waals surface area contributed by atoms with Gasteiger partial charge in [0, 0.05) is 17.9 Å². The molecule has 11 heteroatoms. The Morgan fingerprint density at radius 2 is 2.13 bits per heavy atom. The average Bonchev–Trinajstić information content (AvgIpc) is 3.36. The first-order valence-corrected chi connectivity index (χ1v) is 11.6. The Labute approximate surface area is 184 Å². The predicted octanol–water partition coefficient (Wildman–Crippen LogP) is 3.91. The van der Waals surface area contributed by atoms with E-state index >= 15 is 0 Å². The summed E-state index contributed by atoms with van der Waals surface area (Å²) in [5.74, 6) is 1.91. The lowest BCUT2D eigenvalue weighted by atomic mass is 10.3. The number of benzene rings is 1.